The topological polar surface area (TPSA) is 64.9 Å². The molecule has 0 aromatic carbocycles. The Kier molecular flexibility index (Phi) is 3.00. The summed E-state index contributed by atoms with van der Waals surface area (Å²) in [6.45, 7) is 0. The fourth-order valence-electron chi connectivity index (χ4n) is 2.74. The molecule has 0 atom stereocenters. The van der Waals surface area contributed by atoms with Crippen LogP contribution in [0.1, 0.15) is 31.4 Å². The van der Waals surface area contributed by atoms with Crippen LogP contribution in [0.25, 0.3) is 11.3 Å². The van der Waals surface area contributed by atoms with E-state index in [9.17, 15) is 0 Å². The summed E-state index contributed by atoms with van der Waals surface area (Å²) >= 11 is 0. The maximum atomic E-state index is 5.90. The predicted octanol–water partition coefficient (Wildman–Crippen LogP) is 3.05. The van der Waals surface area contributed by atoms with E-state index in [0.29, 0.717) is 11.7 Å². The highest BCUT2D eigenvalue weighted by Gasteiger charge is 2.22. The second-order valence-corrected chi connectivity index (χ2v) is 4.94. The third kappa shape index (κ3) is 2.10. The molecule has 2 N–H and O–H groups in total. The lowest BCUT2D eigenvalue weighted by atomic mass is 9.99. The van der Waals surface area contributed by atoms with Crippen molar-refractivity contribution in [3.63, 3.8) is 0 Å². The second-order valence-electron chi connectivity index (χ2n) is 4.94. The van der Waals surface area contributed by atoms with Gasteiger partial charge in [-0.25, -0.2) is 0 Å². The maximum absolute atomic E-state index is 5.90. The van der Waals surface area contributed by atoms with E-state index in [2.05, 4.69) is 10.1 Å². The Hall–Kier alpha value is -1.84. The first-order valence-electron chi connectivity index (χ1n) is 6.50. The number of aromatic nitrogens is 2. The van der Waals surface area contributed by atoms with E-state index in [4.69, 9.17) is 10.3 Å². The molecule has 0 radical (unpaired) electrons. The van der Waals surface area contributed by atoms with Crippen molar-refractivity contribution in [2.75, 3.05) is 5.73 Å². The van der Waals surface area contributed by atoms with Crippen molar-refractivity contribution >= 4 is 5.82 Å². The van der Waals surface area contributed by atoms with Gasteiger partial charge in [-0.1, -0.05) is 36.9 Å². The molecule has 3 rings (SSSR count). The molecule has 0 amide bonds. The van der Waals surface area contributed by atoms with E-state index in [1.165, 1.54) is 25.7 Å². The number of rotatable bonds is 3. The summed E-state index contributed by atoms with van der Waals surface area (Å²) in [7, 11) is 0. The molecule has 0 bridgehead atoms. The van der Waals surface area contributed by atoms with E-state index >= 15 is 0 Å². The normalized spacial score (nSPS) is 16.2. The Balaban J connectivity index is 1.91. The minimum Gasteiger partial charge on any atom is -0.380 e. The van der Waals surface area contributed by atoms with Gasteiger partial charge in [-0.2, -0.15) is 0 Å². The molecule has 18 heavy (non-hydrogen) atoms. The molecule has 94 valence electrons. The summed E-state index contributed by atoms with van der Waals surface area (Å²) in [5, 5.41) is 3.90. The molecule has 1 saturated carbocycles. The molecule has 4 heteroatoms. The van der Waals surface area contributed by atoms with Crippen molar-refractivity contribution in [3.8, 4) is 11.3 Å². The summed E-state index contributed by atoms with van der Waals surface area (Å²) in [5.41, 5.74) is 7.63. The van der Waals surface area contributed by atoms with Gasteiger partial charge in [-0.15, -0.1) is 0 Å². The first-order valence-corrected chi connectivity index (χ1v) is 6.50. The SMILES string of the molecule is Nc1noc(CC2CCCC2)c1-c1ccccn1. The summed E-state index contributed by atoms with van der Waals surface area (Å²) in [4.78, 5) is 4.34. The van der Waals surface area contributed by atoms with Crippen LogP contribution in [-0.4, -0.2) is 10.1 Å². The van der Waals surface area contributed by atoms with Crippen molar-refractivity contribution in [3.05, 3.63) is 30.2 Å². The number of hydrogen-bond donors (Lipinski definition) is 1. The lowest BCUT2D eigenvalue weighted by molar-refractivity contribution is 0.362. The minimum atomic E-state index is 0.446. The van der Waals surface area contributed by atoms with Gasteiger partial charge in [0, 0.05) is 12.6 Å². The molecular formula is C14H17N3O. The van der Waals surface area contributed by atoms with Gasteiger partial charge < -0.3 is 10.3 Å². The molecule has 2 heterocycles. The Labute approximate surface area is 106 Å². The fourth-order valence-corrected chi connectivity index (χ4v) is 2.74. The van der Waals surface area contributed by atoms with E-state index < -0.39 is 0 Å². The van der Waals surface area contributed by atoms with Crippen molar-refractivity contribution in [2.45, 2.75) is 32.1 Å². The van der Waals surface area contributed by atoms with Gasteiger partial charge in [0.05, 0.1) is 11.3 Å². The lowest BCUT2D eigenvalue weighted by Crippen LogP contribution is -2.00. The van der Waals surface area contributed by atoms with Gasteiger partial charge in [0.2, 0.25) is 0 Å². The van der Waals surface area contributed by atoms with Gasteiger partial charge in [0.15, 0.2) is 5.82 Å². The first kappa shape index (κ1) is 11.3. The van der Waals surface area contributed by atoms with Gasteiger partial charge >= 0.3 is 0 Å². The van der Waals surface area contributed by atoms with Crippen LogP contribution in [0.4, 0.5) is 5.82 Å². The number of nitrogen functional groups attached to an aromatic ring is 1. The van der Waals surface area contributed by atoms with E-state index in [0.717, 1.165) is 23.4 Å². The van der Waals surface area contributed by atoms with Gasteiger partial charge in [-0.3, -0.25) is 4.98 Å². The average Bonchev–Trinajstić information content (AvgIpc) is 3.02. The molecule has 4 nitrogen and oxygen atoms in total. The molecule has 0 saturated heterocycles. The zero-order chi connectivity index (χ0) is 12.4. The van der Waals surface area contributed by atoms with Crippen LogP contribution in [0.2, 0.25) is 0 Å². The van der Waals surface area contributed by atoms with E-state index in [-0.39, 0.29) is 0 Å². The van der Waals surface area contributed by atoms with Crippen molar-refractivity contribution in [1.82, 2.24) is 10.1 Å². The zero-order valence-corrected chi connectivity index (χ0v) is 10.3. The smallest absolute Gasteiger partial charge is 0.176 e. The molecule has 0 unspecified atom stereocenters. The van der Waals surface area contributed by atoms with E-state index in [1.54, 1.807) is 6.20 Å². The van der Waals surface area contributed by atoms with Crippen LogP contribution in [0.15, 0.2) is 28.9 Å². The van der Waals surface area contributed by atoms with Gasteiger partial charge in [0.1, 0.15) is 5.76 Å². The lowest BCUT2D eigenvalue weighted by Gasteiger charge is -2.07. The largest absolute Gasteiger partial charge is 0.380 e. The maximum Gasteiger partial charge on any atom is 0.176 e. The van der Waals surface area contributed by atoms with Crippen molar-refractivity contribution in [2.24, 2.45) is 5.92 Å². The third-order valence-corrected chi connectivity index (χ3v) is 3.66. The van der Waals surface area contributed by atoms with Crippen molar-refractivity contribution in [1.29, 1.82) is 0 Å². The molecule has 0 spiro atoms. The van der Waals surface area contributed by atoms with Crippen LogP contribution in [-0.2, 0) is 6.42 Å². The van der Waals surface area contributed by atoms with Gasteiger partial charge in [0.25, 0.3) is 0 Å². The van der Waals surface area contributed by atoms with E-state index in [1.807, 2.05) is 18.2 Å². The van der Waals surface area contributed by atoms with Crippen LogP contribution < -0.4 is 5.73 Å². The van der Waals surface area contributed by atoms with Crippen LogP contribution >= 0.6 is 0 Å². The average molecular weight is 243 g/mol. The Bertz CT molecular complexity index is 515. The van der Waals surface area contributed by atoms with Crippen LogP contribution in [0, 0.1) is 5.92 Å². The number of nitrogens with two attached hydrogens (primary N) is 1. The summed E-state index contributed by atoms with van der Waals surface area (Å²) in [6, 6.07) is 5.79. The summed E-state index contributed by atoms with van der Waals surface area (Å²) < 4.78 is 5.40. The first-order chi connectivity index (χ1) is 8.84. The van der Waals surface area contributed by atoms with Crippen LogP contribution in [0.3, 0.4) is 0 Å². The Morgan fingerprint density at radius 2 is 2.11 bits per heavy atom. The van der Waals surface area contributed by atoms with Gasteiger partial charge in [-0.05, 0) is 18.1 Å². The van der Waals surface area contributed by atoms with Crippen molar-refractivity contribution < 1.29 is 4.52 Å². The molecular weight excluding hydrogens is 226 g/mol. The summed E-state index contributed by atoms with van der Waals surface area (Å²) in [5.74, 6) is 2.04. The standard InChI is InChI=1S/C14H17N3O/c15-14-13(11-7-3-4-8-16-11)12(18-17-14)9-10-5-1-2-6-10/h3-4,7-8,10H,1-2,5-6,9H2,(H2,15,17). The predicted molar refractivity (Wildman–Crippen MR) is 69.8 cm³/mol. The highest BCUT2D eigenvalue weighted by Crippen LogP contribution is 2.34. The monoisotopic (exact) mass is 243 g/mol. The number of pyridine rings is 1. The van der Waals surface area contributed by atoms with Crippen LogP contribution in [0.5, 0.6) is 0 Å². The highest BCUT2D eigenvalue weighted by atomic mass is 16.5. The zero-order valence-electron chi connectivity index (χ0n) is 10.3. The highest BCUT2D eigenvalue weighted by molar-refractivity contribution is 5.72. The molecule has 1 fully saturated rings. The molecule has 0 aliphatic heterocycles. The Morgan fingerprint density at radius 1 is 1.28 bits per heavy atom. The quantitative estimate of drug-likeness (QED) is 0.899. The molecule has 2 aromatic rings. The Morgan fingerprint density at radius 3 is 2.83 bits per heavy atom. The molecule has 2 aromatic heterocycles. The number of anilines is 1. The second kappa shape index (κ2) is 4.80. The third-order valence-electron chi connectivity index (χ3n) is 3.66. The molecule has 1 aliphatic rings. The number of hydrogen-bond acceptors (Lipinski definition) is 4. The molecule has 1 aliphatic carbocycles. The fraction of sp³-hybridized carbons (Fsp3) is 0.429. The minimum absolute atomic E-state index is 0.446. The summed E-state index contributed by atoms with van der Waals surface area (Å²) in [6.07, 6.45) is 7.90. The number of nitrogens with zero attached hydrogens (tertiary/aromatic N) is 2.